The molecule has 0 radical (unpaired) electrons. The van der Waals surface area contributed by atoms with Crippen molar-refractivity contribution in [1.82, 2.24) is 5.43 Å². The first kappa shape index (κ1) is 20.7. The summed E-state index contributed by atoms with van der Waals surface area (Å²) in [4.78, 5) is 23.1. The van der Waals surface area contributed by atoms with Gasteiger partial charge in [0.05, 0.1) is 23.2 Å². The maximum atomic E-state index is 12.7. The molecule has 0 atom stereocenters. The fourth-order valence-electron chi connectivity index (χ4n) is 3.25. The third-order valence-electron chi connectivity index (χ3n) is 4.84. The number of non-ortho nitro benzene ring substituents is 1. The molecule has 0 unspecified atom stereocenters. The first-order valence-electron chi connectivity index (χ1n) is 9.90. The number of nitrogens with one attached hydrogen (secondary N) is 1. The molecule has 158 valence electrons. The highest BCUT2D eigenvalue weighted by Crippen LogP contribution is 2.28. The molecule has 0 aliphatic carbocycles. The normalized spacial score (nSPS) is 10.9. The van der Waals surface area contributed by atoms with E-state index in [4.69, 9.17) is 4.74 Å². The number of fused-ring (bicyclic) bond motifs is 1. The van der Waals surface area contributed by atoms with Crippen molar-refractivity contribution in [3.63, 3.8) is 0 Å². The van der Waals surface area contributed by atoms with Crippen molar-refractivity contribution < 1.29 is 14.5 Å². The van der Waals surface area contributed by atoms with Gasteiger partial charge in [0, 0.05) is 17.7 Å². The lowest BCUT2D eigenvalue weighted by Crippen LogP contribution is -2.11. The Kier molecular flexibility index (Phi) is 6.17. The van der Waals surface area contributed by atoms with Crippen LogP contribution in [-0.4, -0.2) is 17.1 Å². The number of carbonyl (C=O) groups excluding carboxylic acids is 1. The minimum absolute atomic E-state index is 0.0949. The van der Waals surface area contributed by atoms with Gasteiger partial charge in [-0.1, -0.05) is 66.7 Å². The fourth-order valence-corrected chi connectivity index (χ4v) is 3.25. The number of hydrogen-bond acceptors (Lipinski definition) is 6. The number of benzene rings is 4. The Morgan fingerprint density at radius 3 is 2.56 bits per heavy atom. The van der Waals surface area contributed by atoms with Crippen LogP contribution >= 0.6 is 0 Å². The molecule has 0 aromatic heterocycles. The number of ether oxygens (including phenoxy) is 1. The number of hydrogen-bond donors (Lipinski definition) is 1. The van der Waals surface area contributed by atoms with Gasteiger partial charge in [-0.05, 0) is 28.5 Å². The SMILES string of the molecule is O=C(Oc1ccc2ccccc2c1C=NNCc1ccccc1)c1cccc([N+](=O)[O-])c1. The van der Waals surface area contributed by atoms with Crippen LogP contribution in [-0.2, 0) is 6.54 Å². The van der Waals surface area contributed by atoms with E-state index in [9.17, 15) is 14.9 Å². The lowest BCUT2D eigenvalue weighted by Gasteiger charge is -2.11. The average Bonchev–Trinajstić information content (AvgIpc) is 2.83. The van der Waals surface area contributed by atoms with Gasteiger partial charge in [0.2, 0.25) is 0 Å². The molecule has 7 nitrogen and oxygen atoms in total. The van der Waals surface area contributed by atoms with E-state index in [-0.39, 0.29) is 11.3 Å². The predicted octanol–water partition coefficient (Wildman–Crippen LogP) is 5.09. The minimum atomic E-state index is -0.684. The largest absolute Gasteiger partial charge is 0.422 e. The van der Waals surface area contributed by atoms with Crippen molar-refractivity contribution in [1.29, 1.82) is 0 Å². The second kappa shape index (κ2) is 9.53. The van der Waals surface area contributed by atoms with Crippen molar-refractivity contribution in [2.45, 2.75) is 6.54 Å². The summed E-state index contributed by atoms with van der Waals surface area (Å²) in [5, 5.41) is 17.2. The Balaban J connectivity index is 1.61. The van der Waals surface area contributed by atoms with Crippen molar-refractivity contribution in [3.8, 4) is 5.75 Å². The molecule has 0 aliphatic rings. The van der Waals surface area contributed by atoms with Gasteiger partial charge < -0.3 is 10.2 Å². The number of carbonyl (C=O) groups is 1. The van der Waals surface area contributed by atoms with Crippen LogP contribution in [0.3, 0.4) is 0 Å². The number of nitro groups is 1. The standard InChI is InChI=1S/C25H19N3O4/c29-25(20-10-6-11-21(15-20)28(30)31)32-24-14-13-19-9-4-5-12-22(19)23(24)17-27-26-16-18-7-2-1-3-8-18/h1-15,17,26H,16H2. The highest BCUT2D eigenvalue weighted by molar-refractivity contribution is 6.03. The van der Waals surface area contributed by atoms with E-state index in [1.54, 1.807) is 12.3 Å². The molecule has 1 N–H and O–H groups in total. The van der Waals surface area contributed by atoms with Crippen LogP contribution < -0.4 is 10.2 Å². The summed E-state index contributed by atoms with van der Waals surface area (Å²) in [6.07, 6.45) is 1.61. The Bertz CT molecular complexity index is 1300. The maximum absolute atomic E-state index is 12.7. The summed E-state index contributed by atoms with van der Waals surface area (Å²) < 4.78 is 5.61. The van der Waals surface area contributed by atoms with Crippen LogP contribution in [0.1, 0.15) is 21.5 Å². The summed E-state index contributed by atoms with van der Waals surface area (Å²) in [6, 6.07) is 26.5. The van der Waals surface area contributed by atoms with Crippen molar-refractivity contribution in [3.05, 3.63) is 118 Å². The highest BCUT2D eigenvalue weighted by Gasteiger charge is 2.16. The van der Waals surface area contributed by atoms with Crippen LogP contribution in [0, 0.1) is 10.1 Å². The average molecular weight is 425 g/mol. The second-order valence-corrected chi connectivity index (χ2v) is 6.97. The van der Waals surface area contributed by atoms with Gasteiger partial charge in [0.1, 0.15) is 5.75 Å². The zero-order chi connectivity index (χ0) is 22.3. The van der Waals surface area contributed by atoms with E-state index in [0.29, 0.717) is 17.9 Å². The number of rotatable bonds is 7. The van der Waals surface area contributed by atoms with Crippen molar-refractivity contribution >= 4 is 28.6 Å². The van der Waals surface area contributed by atoms with E-state index >= 15 is 0 Å². The van der Waals surface area contributed by atoms with Gasteiger partial charge in [-0.3, -0.25) is 10.1 Å². The number of esters is 1. The van der Waals surface area contributed by atoms with Gasteiger partial charge >= 0.3 is 5.97 Å². The molecular formula is C25H19N3O4. The monoisotopic (exact) mass is 425 g/mol. The summed E-state index contributed by atoms with van der Waals surface area (Å²) in [7, 11) is 0. The van der Waals surface area contributed by atoms with Crippen LogP contribution in [0.5, 0.6) is 5.75 Å². The van der Waals surface area contributed by atoms with Crippen molar-refractivity contribution in [2.24, 2.45) is 5.10 Å². The summed E-state index contributed by atoms with van der Waals surface area (Å²) in [5.74, 6) is -0.374. The molecule has 0 bridgehead atoms. The molecule has 0 saturated carbocycles. The molecular weight excluding hydrogens is 406 g/mol. The Hall–Kier alpha value is -4.52. The molecule has 0 saturated heterocycles. The lowest BCUT2D eigenvalue weighted by molar-refractivity contribution is -0.384. The molecule has 4 rings (SSSR count). The molecule has 7 heteroatoms. The topological polar surface area (TPSA) is 93.8 Å². The molecule has 32 heavy (non-hydrogen) atoms. The number of nitrogens with zero attached hydrogens (tertiary/aromatic N) is 2. The van der Waals surface area contributed by atoms with E-state index < -0.39 is 10.9 Å². The fraction of sp³-hybridized carbons (Fsp3) is 0.0400. The number of nitro benzene ring substituents is 1. The zero-order valence-corrected chi connectivity index (χ0v) is 17.0. The highest BCUT2D eigenvalue weighted by atomic mass is 16.6. The maximum Gasteiger partial charge on any atom is 0.343 e. The summed E-state index contributed by atoms with van der Waals surface area (Å²) in [5.41, 5.74) is 4.63. The lowest BCUT2D eigenvalue weighted by atomic mass is 10.0. The molecule has 0 aliphatic heterocycles. The van der Waals surface area contributed by atoms with Gasteiger partial charge in [-0.25, -0.2) is 4.79 Å². The van der Waals surface area contributed by atoms with Gasteiger partial charge in [-0.2, -0.15) is 5.10 Å². The quantitative estimate of drug-likeness (QED) is 0.146. The first-order chi connectivity index (χ1) is 15.6. The third kappa shape index (κ3) is 4.79. The molecule has 0 spiro atoms. The van der Waals surface area contributed by atoms with Crippen molar-refractivity contribution in [2.75, 3.05) is 0 Å². The smallest absolute Gasteiger partial charge is 0.343 e. The van der Waals surface area contributed by atoms with Crippen LogP contribution in [0.25, 0.3) is 10.8 Å². The van der Waals surface area contributed by atoms with Crippen LogP contribution in [0.2, 0.25) is 0 Å². The molecule has 4 aromatic carbocycles. The Morgan fingerprint density at radius 2 is 1.75 bits per heavy atom. The molecule has 4 aromatic rings. The first-order valence-corrected chi connectivity index (χ1v) is 9.90. The van der Waals surface area contributed by atoms with Gasteiger partial charge in [0.25, 0.3) is 5.69 Å². The van der Waals surface area contributed by atoms with E-state index in [2.05, 4.69) is 10.5 Å². The summed E-state index contributed by atoms with van der Waals surface area (Å²) in [6.45, 7) is 0.547. The Morgan fingerprint density at radius 1 is 0.969 bits per heavy atom. The van der Waals surface area contributed by atoms with Crippen LogP contribution in [0.4, 0.5) is 5.69 Å². The predicted molar refractivity (Wildman–Crippen MR) is 123 cm³/mol. The molecule has 0 amide bonds. The summed E-state index contributed by atoms with van der Waals surface area (Å²) >= 11 is 0. The second-order valence-electron chi connectivity index (χ2n) is 6.97. The van der Waals surface area contributed by atoms with E-state index in [1.165, 1.54) is 24.3 Å². The van der Waals surface area contributed by atoms with Gasteiger partial charge in [0.15, 0.2) is 0 Å². The zero-order valence-electron chi connectivity index (χ0n) is 17.0. The van der Waals surface area contributed by atoms with Crippen LogP contribution in [0.15, 0.2) is 96.1 Å². The number of hydrazone groups is 1. The van der Waals surface area contributed by atoms with Gasteiger partial charge in [-0.15, -0.1) is 0 Å². The third-order valence-corrected chi connectivity index (χ3v) is 4.84. The molecule has 0 fully saturated rings. The molecule has 0 heterocycles. The Labute approximate surface area is 184 Å². The van der Waals surface area contributed by atoms with E-state index in [1.807, 2.05) is 60.7 Å². The van der Waals surface area contributed by atoms with E-state index in [0.717, 1.165) is 16.3 Å². The minimum Gasteiger partial charge on any atom is -0.422 e.